The van der Waals surface area contributed by atoms with E-state index in [9.17, 15) is 13.2 Å². The molecule has 1 aromatic carbocycles. The molecule has 3 atom stereocenters. The Kier molecular flexibility index (Phi) is 5.40. The summed E-state index contributed by atoms with van der Waals surface area (Å²) >= 11 is 0. The Labute approximate surface area is 167 Å². The van der Waals surface area contributed by atoms with Crippen molar-refractivity contribution in [2.45, 2.75) is 75.5 Å². The smallest absolute Gasteiger partial charge is 0.255 e. The fraction of sp³-hybridized carbons (Fsp3) is 0.667. The van der Waals surface area contributed by atoms with Crippen LogP contribution in [0.25, 0.3) is 0 Å². The van der Waals surface area contributed by atoms with Crippen molar-refractivity contribution < 1.29 is 17.9 Å². The summed E-state index contributed by atoms with van der Waals surface area (Å²) in [5.74, 6) is 1.03. The van der Waals surface area contributed by atoms with Crippen molar-refractivity contribution in [2.75, 3.05) is 12.3 Å². The second-order valence-electron chi connectivity index (χ2n) is 8.46. The maximum atomic E-state index is 13.2. The number of benzene rings is 1. The van der Waals surface area contributed by atoms with Crippen LogP contribution in [-0.4, -0.2) is 44.8 Å². The third kappa shape index (κ3) is 4.06. The van der Waals surface area contributed by atoms with Crippen LogP contribution >= 0.6 is 0 Å². The van der Waals surface area contributed by atoms with E-state index in [1.807, 2.05) is 6.92 Å². The molecule has 28 heavy (non-hydrogen) atoms. The van der Waals surface area contributed by atoms with E-state index in [0.717, 1.165) is 31.4 Å². The highest BCUT2D eigenvalue weighted by Crippen LogP contribution is 2.37. The number of sulfone groups is 1. The average Bonchev–Trinajstić information content (AvgIpc) is 3.16. The number of carbonyl (C=O) groups is 1. The van der Waals surface area contributed by atoms with Gasteiger partial charge in [0.15, 0.2) is 9.84 Å². The van der Waals surface area contributed by atoms with Gasteiger partial charge in [-0.25, -0.2) is 8.42 Å². The summed E-state index contributed by atoms with van der Waals surface area (Å²) in [4.78, 5) is 13.5. The Morgan fingerprint density at radius 1 is 1.32 bits per heavy atom. The molecule has 1 amide bonds. The minimum Gasteiger partial charge on any atom is -0.489 e. The van der Waals surface area contributed by atoms with Crippen LogP contribution in [0.3, 0.4) is 0 Å². The summed E-state index contributed by atoms with van der Waals surface area (Å²) in [5.41, 5.74) is 1.16. The fourth-order valence-electron chi connectivity index (χ4n) is 4.36. The molecule has 1 aromatic rings. The minimum atomic E-state index is -3.39. The molecule has 1 saturated carbocycles. The first-order chi connectivity index (χ1) is 13.4. The highest BCUT2D eigenvalue weighted by Gasteiger charge is 2.34. The number of hydrogen-bond acceptors (Lipinski definition) is 5. The monoisotopic (exact) mass is 406 g/mol. The van der Waals surface area contributed by atoms with E-state index >= 15 is 0 Å². The Balaban J connectivity index is 1.63. The molecule has 7 heteroatoms. The summed E-state index contributed by atoms with van der Waals surface area (Å²) in [7, 11) is -3.39. The van der Waals surface area contributed by atoms with Crippen LogP contribution in [0, 0.1) is 5.92 Å². The largest absolute Gasteiger partial charge is 0.489 e. The van der Waals surface area contributed by atoms with Gasteiger partial charge in [-0.2, -0.15) is 0 Å². The van der Waals surface area contributed by atoms with Crippen molar-refractivity contribution in [2.24, 2.45) is 5.92 Å². The minimum absolute atomic E-state index is 0.0134. The van der Waals surface area contributed by atoms with Crippen LogP contribution in [0.1, 0.15) is 61.9 Å². The molecule has 0 spiro atoms. The molecule has 3 unspecified atom stereocenters. The van der Waals surface area contributed by atoms with Gasteiger partial charge in [0.2, 0.25) is 0 Å². The molecule has 4 rings (SSSR count). The van der Waals surface area contributed by atoms with E-state index in [0.29, 0.717) is 29.7 Å². The number of ether oxygens (including phenoxy) is 1. The first-order valence-corrected chi connectivity index (χ1v) is 12.1. The van der Waals surface area contributed by atoms with Crippen molar-refractivity contribution in [1.82, 2.24) is 10.6 Å². The summed E-state index contributed by atoms with van der Waals surface area (Å²) in [6.07, 6.45) is 6.21. The number of carbonyl (C=O) groups excluding carboxylic acids is 1. The summed E-state index contributed by atoms with van der Waals surface area (Å²) in [5, 5.41) is 6.72. The number of fused-ring (bicyclic) bond motifs is 1. The van der Waals surface area contributed by atoms with Gasteiger partial charge in [-0.15, -0.1) is 0 Å². The van der Waals surface area contributed by atoms with Crippen LogP contribution in [0.5, 0.6) is 5.75 Å². The molecule has 0 radical (unpaired) electrons. The van der Waals surface area contributed by atoms with E-state index in [2.05, 4.69) is 10.6 Å². The van der Waals surface area contributed by atoms with E-state index in [-0.39, 0.29) is 28.7 Å². The summed E-state index contributed by atoms with van der Waals surface area (Å²) < 4.78 is 30.8. The Morgan fingerprint density at radius 2 is 2.11 bits per heavy atom. The van der Waals surface area contributed by atoms with Gasteiger partial charge in [-0.3, -0.25) is 4.79 Å². The quantitative estimate of drug-likeness (QED) is 0.727. The van der Waals surface area contributed by atoms with E-state index in [1.54, 1.807) is 13.0 Å². The van der Waals surface area contributed by atoms with E-state index < -0.39 is 9.84 Å². The number of rotatable bonds is 7. The molecule has 3 aliphatic rings. The fourth-order valence-corrected chi connectivity index (χ4v) is 5.31. The van der Waals surface area contributed by atoms with Gasteiger partial charge in [0.1, 0.15) is 11.9 Å². The maximum Gasteiger partial charge on any atom is 0.255 e. The van der Waals surface area contributed by atoms with Gasteiger partial charge in [0.05, 0.1) is 16.2 Å². The third-order valence-electron chi connectivity index (χ3n) is 6.13. The second-order valence-corrected chi connectivity index (χ2v) is 10.7. The molecule has 2 aliphatic heterocycles. The van der Waals surface area contributed by atoms with Gasteiger partial charge in [-0.05, 0) is 56.3 Å². The van der Waals surface area contributed by atoms with E-state index in [4.69, 9.17) is 4.74 Å². The van der Waals surface area contributed by atoms with Gasteiger partial charge < -0.3 is 15.4 Å². The standard InChI is InChI=1S/C21H30N2O4S/c1-3-28(25,26)16-11-15-9-13(2)27-20(15)17(12-16)21(24)23-19(10-14-6-7-14)18-5-4-8-22-18/h11-14,18-19,22H,3-10H2,1-2H3,(H,23,24). The van der Waals surface area contributed by atoms with Gasteiger partial charge in [-0.1, -0.05) is 19.8 Å². The zero-order valence-corrected chi connectivity index (χ0v) is 17.5. The van der Waals surface area contributed by atoms with Crippen molar-refractivity contribution in [1.29, 1.82) is 0 Å². The lowest BCUT2D eigenvalue weighted by atomic mass is 9.99. The zero-order chi connectivity index (χ0) is 19.9. The van der Waals surface area contributed by atoms with Crippen molar-refractivity contribution in [3.63, 3.8) is 0 Å². The molecule has 0 aromatic heterocycles. The number of nitrogens with one attached hydrogen (secondary N) is 2. The average molecular weight is 407 g/mol. The SMILES string of the molecule is CCS(=O)(=O)c1cc2c(c(C(=O)NC(CC3CC3)C3CCCN3)c1)OC(C)C2. The molecule has 2 heterocycles. The number of amides is 1. The van der Waals surface area contributed by atoms with Crippen LogP contribution in [-0.2, 0) is 16.3 Å². The zero-order valence-electron chi connectivity index (χ0n) is 16.7. The van der Waals surface area contributed by atoms with Gasteiger partial charge in [0, 0.05) is 18.5 Å². The van der Waals surface area contributed by atoms with E-state index in [1.165, 1.54) is 18.9 Å². The third-order valence-corrected chi connectivity index (χ3v) is 7.85. The maximum absolute atomic E-state index is 13.2. The van der Waals surface area contributed by atoms with Crippen LogP contribution in [0.2, 0.25) is 0 Å². The lowest BCUT2D eigenvalue weighted by molar-refractivity contribution is 0.0920. The molecule has 0 bridgehead atoms. The first kappa shape index (κ1) is 19.7. The topological polar surface area (TPSA) is 84.5 Å². The Morgan fingerprint density at radius 3 is 2.75 bits per heavy atom. The summed E-state index contributed by atoms with van der Waals surface area (Å²) in [6.45, 7) is 4.55. The molecule has 154 valence electrons. The lowest BCUT2D eigenvalue weighted by Crippen LogP contribution is -2.47. The highest BCUT2D eigenvalue weighted by molar-refractivity contribution is 7.91. The van der Waals surface area contributed by atoms with Crippen molar-refractivity contribution in [3.8, 4) is 5.75 Å². The number of hydrogen-bond donors (Lipinski definition) is 2. The lowest BCUT2D eigenvalue weighted by Gasteiger charge is -2.25. The molecule has 1 aliphatic carbocycles. The van der Waals surface area contributed by atoms with Crippen molar-refractivity contribution >= 4 is 15.7 Å². The highest BCUT2D eigenvalue weighted by atomic mass is 32.2. The predicted octanol–water partition coefficient (Wildman–Crippen LogP) is 2.45. The molecule has 2 N–H and O–H groups in total. The molecule has 6 nitrogen and oxygen atoms in total. The van der Waals surface area contributed by atoms with Crippen LogP contribution in [0.15, 0.2) is 17.0 Å². The Bertz CT molecular complexity index is 857. The van der Waals surface area contributed by atoms with Crippen molar-refractivity contribution in [3.05, 3.63) is 23.3 Å². The molecular weight excluding hydrogens is 376 g/mol. The van der Waals surface area contributed by atoms with Crippen LogP contribution < -0.4 is 15.4 Å². The molecule has 2 fully saturated rings. The second kappa shape index (κ2) is 7.67. The molecule has 1 saturated heterocycles. The first-order valence-electron chi connectivity index (χ1n) is 10.5. The Hall–Kier alpha value is -1.60. The van der Waals surface area contributed by atoms with Crippen LogP contribution in [0.4, 0.5) is 0 Å². The van der Waals surface area contributed by atoms with Gasteiger partial charge >= 0.3 is 0 Å². The predicted molar refractivity (Wildman–Crippen MR) is 108 cm³/mol. The van der Waals surface area contributed by atoms with Gasteiger partial charge in [0.25, 0.3) is 5.91 Å². The summed E-state index contributed by atoms with van der Waals surface area (Å²) in [6, 6.07) is 3.54. The normalized spacial score (nSPS) is 25.2. The molecular formula is C21H30N2O4S.